The van der Waals surface area contributed by atoms with E-state index in [0.29, 0.717) is 0 Å². The minimum atomic E-state index is -0.00639. The molecule has 0 radical (unpaired) electrons. The highest BCUT2D eigenvalue weighted by Crippen LogP contribution is 2.30. The van der Waals surface area contributed by atoms with Crippen LogP contribution < -0.4 is 5.73 Å². The molecule has 0 amide bonds. The molecular weight excluding hydrogens is 282 g/mol. The van der Waals surface area contributed by atoms with Crippen LogP contribution in [-0.4, -0.2) is 0 Å². The van der Waals surface area contributed by atoms with Crippen molar-refractivity contribution in [3.8, 4) is 0 Å². The first-order chi connectivity index (χ1) is 7.59. The predicted octanol–water partition coefficient (Wildman–Crippen LogP) is 4.18. The van der Waals surface area contributed by atoms with Gasteiger partial charge in [-0.05, 0) is 54.1 Å². The molecule has 1 nitrogen and oxygen atoms in total. The van der Waals surface area contributed by atoms with Crippen LogP contribution in [0.4, 0.5) is 0 Å². The number of hydrogen-bond acceptors (Lipinski definition) is 2. The standard InChI is InChI=1S/C13H14BrNS/c1-8-5-6-16-13(8)12(15)11-4-3-10(14)7-9(11)2/h3-7,12H,15H2,1-2H3. The molecule has 0 aliphatic heterocycles. The highest BCUT2D eigenvalue weighted by molar-refractivity contribution is 9.10. The quantitative estimate of drug-likeness (QED) is 0.884. The van der Waals surface area contributed by atoms with Crippen molar-refractivity contribution < 1.29 is 0 Å². The summed E-state index contributed by atoms with van der Waals surface area (Å²) >= 11 is 5.20. The van der Waals surface area contributed by atoms with Crippen molar-refractivity contribution in [2.75, 3.05) is 0 Å². The molecule has 0 bridgehead atoms. The Morgan fingerprint density at radius 2 is 1.94 bits per heavy atom. The van der Waals surface area contributed by atoms with Crippen LogP contribution in [0.5, 0.6) is 0 Å². The maximum atomic E-state index is 6.31. The Kier molecular flexibility index (Phi) is 3.47. The van der Waals surface area contributed by atoms with E-state index in [1.54, 1.807) is 11.3 Å². The molecule has 84 valence electrons. The van der Waals surface area contributed by atoms with Gasteiger partial charge < -0.3 is 5.73 Å². The van der Waals surface area contributed by atoms with E-state index in [1.165, 1.54) is 21.6 Å². The summed E-state index contributed by atoms with van der Waals surface area (Å²) in [6, 6.07) is 8.37. The molecule has 16 heavy (non-hydrogen) atoms. The maximum Gasteiger partial charge on any atom is 0.0651 e. The fourth-order valence-corrected chi connectivity index (χ4v) is 3.25. The number of thiophene rings is 1. The van der Waals surface area contributed by atoms with Crippen LogP contribution in [0.25, 0.3) is 0 Å². The van der Waals surface area contributed by atoms with E-state index < -0.39 is 0 Å². The van der Waals surface area contributed by atoms with Crippen molar-refractivity contribution in [2.45, 2.75) is 19.9 Å². The van der Waals surface area contributed by atoms with Gasteiger partial charge in [-0.3, -0.25) is 0 Å². The van der Waals surface area contributed by atoms with Gasteiger partial charge in [0.15, 0.2) is 0 Å². The second-order valence-corrected chi connectivity index (χ2v) is 5.81. The Morgan fingerprint density at radius 1 is 1.19 bits per heavy atom. The smallest absolute Gasteiger partial charge is 0.0651 e. The summed E-state index contributed by atoms with van der Waals surface area (Å²) in [5.41, 5.74) is 10.0. The number of halogens is 1. The highest BCUT2D eigenvalue weighted by atomic mass is 79.9. The van der Waals surface area contributed by atoms with Gasteiger partial charge in [-0.25, -0.2) is 0 Å². The van der Waals surface area contributed by atoms with Gasteiger partial charge in [0.05, 0.1) is 6.04 Å². The van der Waals surface area contributed by atoms with Crippen LogP contribution >= 0.6 is 27.3 Å². The predicted molar refractivity (Wildman–Crippen MR) is 74.0 cm³/mol. The normalized spacial score (nSPS) is 12.8. The molecule has 1 aromatic heterocycles. The van der Waals surface area contributed by atoms with Gasteiger partial charge in [-0.1, -0.05) is 22.0 Å². The summed E-state index contributed by atoms with van der Waals surface area (Å²) in [6.07, 6.45) is 0. The monoisotopic (exact) mass is 295 g/mol. The zero-order valence-corrected chi connectivity index (χ0v) is 11.7. The molecule has 2 N–H and O–H groups in total. The lowest BCUT2D eigenvalue weighted by molar-refractivity contribution is 0.874. The molecule has 1 aromatic carbocycles. The summed E-state index contributed by atoms with van der Waals surface area (Å²) < 4.78 is 1.10. The molecule has 0 aliphatic rings. The lowest BCUT2D eigenvalue weighted by atomic mass is 9.99. The third kappa shape index (κ3) is 2.21. The van der Waals surface area contributed by atoms with Crippen molar-refractivity contribution in [1.82, 2.24) is 0 Å². The Bertz CT molecular complexity index is 504. The third-order valence-electron chi connectivity index (χ3n) is 2.75. The van der Waals surface area contributed by atoms with Gasteiger partial charge in [0.25, 0.3) is 0 Å². The first kappa shape index (κ1) is 11.8. The Morgan fingerprint density at radius 3 is 2.50 bits per heavy atom. The number of aryl methyl sites for hydroxylation is 2. The fourth-order valence-electron chi connectivity index (χ4n) is 1.83. The fraction of sp³-hybridized carbons (Fsp3) is 0.231. The average Bonchev–Trinajstić information content (AvgIpc) is 2.63. The second kappa shape index (κ2) is 4.70. The molecule has 1 heterocycles. The van der Waals surface area contributed by atoms with Crippen molar-refractivity contribution in [2.24, 2.45) is 5.73 Å². The summed E-state index contributed by atoms with van der Waals surface area (Å²) in [5, 5.41) is 2.10. The molecule has 0 saturated carbocycles. The van der Waals surface area contributed by atoms with E-state index in [1.807, 2.05) is 6.07 Å². The highest BCUT2D eigenvalue weighted by Gasteiger charge is 2.14. The van der Waals surface area contributed by atoms with Crippen LogP contribution in [-0.2, 0) is 0 Å². The summed E-state index contributed by atoms with van der Waals surface area (Å²) in [7, 11) is 0. The van der Waals surface area contributed by atoms with Gasteiger partial charge in [0, 0.05) is 9.35 Å². The first-order valence-electron chi connectivity index (χ1n) is 5.15. The Hall–Kier alpha value is -0.640. The molecule has 2 rings (SSSR count). The van der Waals surface area contributed by atoms with Gasteiger partial charge in [0.1, 0.15) is 0 Å². The molecule has 0 saturated heterocycles. The van der Waals surface area contributed by atoms with Crippen LogP contribution in [0.1, 0.15) is 27.6 Å². The minimum absolute atomic E-state index is 0.00639. The molecule has 0 spiro atoms. The largest absolute Gasteiger partial charge is 0.320 e. The first-order valence-corrected chi connectivity index (χ1v) is 6.82. The molecule has 2 aromatic rings. The SMILES string of the molecule is Cc1cc(Br)ccc1C(N)c1sccc1C. The van der Waals surface area contributed by atoms with Crippen LogP contribution in [0.15, 0.2) is 34.1 Å². The summed E-state index contributed by atoms with van der Waals surface area (Å²) in [5.74, 6) is 0. The van der Waals surface area contributed by atoms with Crippen LogP contribution in [0.3, 0.4) is 0 Å². The van der Waals surface area contributed by atoms with Gasteiger partial charge in [0.2, 0.25) is 0 Å². The third-order valence-corrected chi connectivity index (χ3v) is 4.35. The van der Waals surface area contributed by atoms with E-state index in [4.69, 9.17) is 5.73 Å². The van der Waals surface area contributed by atoms with Crippen LogP contribution in [0.2, 0.25) is 0 Å². The number of benzene rings is 1. The van der Waals surface area contributed by atoms with E-state index >= 15 is 0 Å². The Labute approximate surface area is 108 Å². The van der Waals surface area contributed by atoms with E-state index in [-0.39, 0.29) is 6.04 Å². The minimum Gasteiger partial charge on any atom is -0.320 e. The number of rotatable bonds is 2. The zero-order chi connectivity index (χ0) is 11.7. The van der Waals surface area contributed by atoms with Crippen LogP contribution in [0, 0.1) is 13.8 Å². The summed E-state index contributed by atoms with van der Waals surface area (Å²) in [6.45, 7) is 4.21. The topological polar surface area (TPSA) is 26.0 Å². The number of nitrogens with two attached hydrogens (primary N) is 1. The number of hydrogen-bond donors (Lipinski definition) is 1. The van der Waals surface area contributed by atoms with Crippen molar-refractivity contribution in [1.29, 1.82) is 0 Å². The van der Waals surface area contributed by atoms with Crippen molar-refractivity contribution >= 4 is 27.3 Å². The molecule has 1 atom stereocenters. The Balaban J connectivity index is 2.41. The maximum absolute atomic E-state index is 6.31. The van der Waals surface area contributed by atoms with Gasteiger partial charge >= 0.3 is 0 Å². The molecular formula is C13H14BrNS. The van der Waals surface area contributed by atoms with E-state index in [9.17, 15) is 0 Å². The summed E-state index contributed by atoms with van der Waals surface area (Å²) in [4.78, 5) is 1.26. The van der Waals surface area contributed by atoms with Crippen molar-refractivity contribution in [3.05, 3.63) is 55.7 Å². The van der Waals surface area contributed by atoms with Crippen molar-refractivity contribution in [3.63, 3.8) is 0 Å². The average molecular weight is 296 g/mol. The zero-order valence-electron chi connectivity index (χ0n) is 9.33. The molecule has 0 fully saturated rings. The molecule has 0 aliphatic carbocycles. The van der Waals surface area contributed by atoms with E-state index in [2.05, 4.69) is 53.4 Å². The molecule has 3 heteroatoms. The van der Waals surface area contributed by atoms with E-state index in [0.717, 1.165) is 4.47 Å². The van der Waals surface area contributed by atoms with Gasteiger partial charge in [-0.15, -0.1) is 11.3 Å². The second-order valence-electron chi connectivity index (χ2n) is 3.95. The lowest BCUT2D eigenvalue weighted by Crippen LogP contribution is -2.12. The molecule has 1 unspecified atom stereocenters. The van der Waals surface area contributed by atoms with Gasteiger partial charge in [-0.2, -0.15) is 0 Å². The lowest BCUT2D eigenvalue weighted by Gasteiger charge is -2.14.